The van der Waals surface area contributed by atoms with Gasteiger partial charge in [-0.2, -0.15) is 0 Å². The molecule has 1 aromatic carbocycles. The fraction of sp³-hybridized carbons (Fsp3) is 0.478. The van der Waals surface area contributed by atoms with E-state index in [-0.39, 0.29) is 29.8 Å². The molecule has 0 bridgehead atoms. The Morgan fingerprint density at radius 2 is 2.06 bits per heavy atom. The summed E-state index contributed by atoms with van der Waals surface area (Å²) in [6.07, 6.45) is 2.78. The molecule has 1 atom stereocenters. The van der Waals surface area contributed by atoms with Gasteiger partial charge in [0.25, 0.3) is 0 Å². The van der Waals surface area contributed by atoms with Crippen LogP contribution in [0.3, 0.4) is 0 Å². The van der Waals surface area contributed by atoms with Gasteiger partial charge in [-0.05, 0) is 49.2 Å². The van der Waals surface area contributed by atoms with Crippen LogP contribution >= 0.6 is 24.0 Å². The van der Waals surface area contributed by atoms with Gasteiger partial charge in [-0.15, -0.1) is 24.0 Å². The molecule has 1 unspecified atom stereocenters. The summed E-state index contributed by atoms with van der Waals surface area (Å²) in [5.41, 5.74) is 0.987. The predicted octanol–water partition coefficient (Wildman–Crippen LogP) is 4.08. The van der Waals surface area contributed by atoms with Crippen molar-refractivity contribution in [1.82, 2.24) is 15.2 Å². The Morgan fingerprint density at radius 1 is 1.25 bits per heavy atom. The Kier molecular flexibility index (Phi) is 11.7. The number of pyridine rings is 1. The lowest BCUT2D eigenvalue weighted by Gasteiger charge is -2.21. The molecule has 1 aliphatic rings. The molecule has 1 fully saturated rings. The molecule has 2 aromatic rings. The van der Waals surface area contributed by atoms with Crippen LogP contribution in [0.25, 0.3) is 0 Å². The number of guanidine groups is 1. The monoisotopic (exact) mass is 558 g/mol. The van der Waals surface area contributed by atoms with Crippen molar-refractivity contribution in [3.63, 3.8) is 0 Å². The second kappa shape index (κ2) is 14.2. The number of hydrogen-bond donors (Lipinski definition) is 1. The summed E-state index contributed by atoms with van der Waals surface area (Å²) >= 11 is 0. The van der Waals surface area contributed by atoms with Gasteiger partial charge in [-0.1, -0.05) is 0 Å². The highest BCUT2D eigenvalue weighted by Gasteiger charge is 2.24. The minimum Gasteiger partial charge on any atom is -0.439 e. The predicted molar refractivity (Wildman–Crippen MR) is 133 cm³/mol. The van der Waals surface area contributed by atoms with Crippen molar-refractivity contribution in [2.75, 3.05) is 46.6 Å². The van der Waals surface area contributed by atoms with Gasteiger partial charge in [0, 0.05) is 44.9 Å². The summed E-state index contributed by atoms with van der Waals surface area (Å²) in [4.78, 5) is 11.3. The van der Waals surface area contributed by atoms with E-state index in [0.29, 0.717) is 37.3 Å². The van der Waals surface area contributed by atoms with Gasteiger partial charge < -0.3 is 24.4 Å². The quantitative estimate of drug-likeness (QED) is 0.205. The van der Waals surface area contributed by atoms with E-state index in [4.69, 9.17) is 19.2 Å². The number of nitrogens with one attached hydrogen (secondary N) is 1. The normalized spacial score (nSPS) is 16.0. The Labute approximate surface area is 206 Å². The molecule has 7 nitrogen and oxygen atoms in total. The van der Waals surface area contributed by atoms with Gasteiger partial charge >= 0.3 is 0 Å². The van der Waals surface area contributed by atoms with Crippen molar-refractivity contribution in [2.45, 2.75) is 19.9 Å². The molecule has 3 rings (SSSR count). The van der Waals surface area contributed by atoms with Gasteiger partial charge in [-0.25, -0.2) is 14.4 Å². The smallest absolute Gasteiger partial charge is 0.219 e. The first-order chi connectivity index (χ1) is 15.2. The average molecular weight is 558 g/mol. The van der Waals surface area contributed by atoms with E-state index < -0.39 is 0 Å². The minimum atomic E-state index is -0.301. The number of halogens is 2. The van der Waals surface area contributed by atoms with Crippen LogP contribution in [0.2, 0.25) is 0 Å². The number of rotatable bonds is 10. The van der Waals surface area contributed by atoms with Crippen molar-refractivity contribution in [3.8, 4) is 11.6 Å². The first kappa shape index (κ1) is 26.3. The van der Waals surface area contributed by atoms with Crippen LogP contribution in [0, 0.1) is 11.7 Å². The molecule has 0 amide bonds. The van der Waals surface area contributed by atoms with Crippen molar-refractivity contribution >= 4 is 29.9 Å². The largest absolute Gasteiger partial charge is 0.439 e. The highest BCUT2D eigenvalue weighted by molar-refractivity contribution is 14.0. The molecule has 0 radical (unpaired) electrons. The zero-order chi connectivity index (χ0) is 21.9. The molecular weight excluding hydrogens is 526 g/mol. The van der Waals surface area contributed by atoms with E-state index in [2.05, 4.69) is 22.1 Å². The van der Waals surface area contributed by atoms with Crippen LogP contribution in [0.4, 0.5) is 4.39 Å². The minimum absolute atomic E-state index is 0. The summed E-state index contributed by atoms with van der Waals surface area (Å²) in [6, 6.07) is 9.64. The Bertz CT molecular complexity index is 838. The molecule has 0 saturated carbocycles. The zero-order valence-electron chi connectivity index (χ0n) is 18.6. The van der Waals surface area contributed by atoms with Crippen LogP contribution in [0.5, 0.6) is 11.6 Å². The summed E-state index contributed by atoms with van der Waals surface area (Å²) in [6.45, 7) is 7.26. The third-order valence-electron chi connectivity index (χ3n) is 4.95. The van der Waals surface area contributed by atoms with Gasteiger partial charge in [0.1, 0.15) is 11.6 Å². The van der Waals surface area contributed by atoms with Crippen molar-refractivity contribution in [1.29, 1.82) is 0 Å². The number of aromatic nitrogens is 1. The zero-order valence-corrected chi connectivity index (χ0v) is 21.0. The Balaban J connectivity index is 0.00000363. The molecule has 0 aliphatic carbocycles. The van der Waals surface area contributed by atoms with Gasteiger partial charge in [0.05, 0.1) is 26.4 Å². The highest BCUT2D eigenvalue weighted by Crippen LogP contribution is 2.21. The molecular formula is C23H32FIN4O3. The molecule has 176 valence electrons. The Hall–Kier alpha value is -1.98. The van der Waals surface area contributed by atoms with E-state index in [1.165, 1.54) is 12.1 Å². The van der Waals surface area contributed by atoms with Crippen LogP contribution in [0.15, 0.2) is 47.6 Å². The standard InChI is InChI=1S/C23H31FN4O3.HI/c1-3-25-23(28-11-9-19(16-28)17-30-13-12-29-2)27-15-18-8-10-26-22(14-18)31-21-6-4-20(24)5-7-21;/h4-8,10,14,19H,3,9,11-13,15-17H2,1-2H3,(H,25,27);1H. The molecule has 9 heteroatoms. The molecule has 1 aliphatic heterocycles. The maximum Gasteiger partial charge on any atom is 0.219 e. The highest BCUT2D eigenvalue weighted by atomic mass is 127. The van der Waals surface area contributed by atoms with Gasteiger partial charge in [-0.3, -0.25) is 0 Å². The summed E-state index contributed by atoms with van der Waals surface area (Å²) in [7, 11) is 1.68. The first-order valence-corrected chi connectivity index (χ1v) is 10.7. The summed E-state index contributed by atoms with van der Waals surface area (Å²) in [5, 5.41) is 3.38. The molecule has 2 heterocycles. The lowest BCUT2D eigenvalue weighted by atomic mass is 10.1. The number of methoxy groups -OCH3 is 1. The number of ether oxygens (including phenoxy) is 3. The van der Waals surface area contributed by atoms with E-state index in [1.807, 2.05) is 12.1 Å². The van der Waals surface area contributed by atoms with Gasteiger partial charge in [0.15, 0.2) is 5.96 Å². The molecule has 1 saturated heterocycles. The fourth-order valence-corrected chi connectivity index (χ4v) is 3.37. The maximum atomic E-state index is 13.1. The molecule has 32 heavy (non-hydrogen) atoms. The van der Waals surface area contributed by atoms with E-state index in [9.17, 15) is 4.39 Å². The molecule has 0 spiro atoms. The van der Waals surface area contributed by atoms with Crippen molar-refractivity contribution in [2.24, 2.45) is 10.9 Å². The lowest BCUT2D eigenvalue weighted by molar-refractivity contribution is 0.0536. The van der Waals surface area contributed by atoms with Crippen LogP contribution in [-0.2, 0) is 16.0 Å². The average Bonchev–Trinajstić information content (AvgIpc) is 3.25. The summed E-state index contributed by atoms with van der Waals surface area (Å²) < 4.78 is 29.5. The first-order valence-electron chi connectivity index (χ1n) is 10.7. The fourth-order valence-electron chi connectivity index (χ4n) is 3.37. The van der Waals surface area contributed by atoms with Crippen LogP contribution < -0.4 is 10.1 Å². The van der Waals surface area contributed by atoms with E-state index in [1.54, 1.807) is 25.4 Å². The number of likely N-dealkylation sites (tertiary alicyclic amines) is 1. The van der Waals surface area contributed by atoms with Crippen LogP contribution in [-0.4, -0.2) is 62.4 Å². The Morgan fingerprint density at radius 3 is 2.81 bits per heavy atom. The number of hydrogen-bond acceptors (Lipinski definition) is 5. The van der Waals surface area contributed by atoms with E-state index in [0.717, 1.165) is 44.2 Å². The second-order valence-electron chi connectivity index (χ2n) is 7.40. The topological polar surface area (TPSA) is 68.2 Å². The maximum absolute atomic E-state index is 13.1. The van der Waals surface area contributed by atoms with E-state index >= 15 is 0 Å². The summed E-state index contributed by atoms with van der Waals surface area (Å²) in [5.74, 6) is 2.10. The van der Waals surface area contributed by atoms with Crippen LogP contribution in [0.1, 0.15) is 18.9 Å². The SMILES string of the molecule is CCNC(=NCc1ccnc(Oc2ccc(F)cc2)c1)N1CCC(COCCOC)C1.I. The van der Waals surface area contributed by atoms with Crippen molar-refractivity contribution in [3.05, 3.63) is 54.0 Å². The number of aliphatic imine (C=N–C) groups is 1. The second-order valence-corrected chi connectivity index (χ2v) is 7.40. The molecule has 1 N–H and O–H groups in total. The lowest BCUT2D eigenvalue weighted by Crippen LogP contribution is -2.40. The molecule has 1 aromatic heterocycles. The van der Waals surface area contributed by atoms with Crippen molar-refractivity contribution < 1.29 is 18.6 Å². The van der Waals surface area contributed by atoms with Gasteiger partial charge in [0.2, 0.25) is 5.88 Å². The number of nitrogens with zero attached hydrogens (tertiary/aromatic N) is 3. The third kappa shape index (κ3) is 8.51. The third-order valence-corrected chi connectivity index (χ3v) is 4.95. The number of benzene rings is 1.